The standard InChI is InChI=1S/C23H23F3N4O3/c1-33-19-9-15(8-14-2-5-29(13-23(24,25)26)22(32)21(14)19)18-11-27-20-10-16(3-7-30(18)20)28-6-4-17(31)12-28/h3,7-11,17,31H,2,4-6,12-13H2,1H3/t17-/m0/s1. The summed E-state index contributed by atoms with van der Waals surface area (Å²) in [6, 6.07) is 7.41. The molecule has 1 amide bonds. The van der Waals surface area contributed by atoms with Gasteiger partial charge in [0.15, 0.2) is 0 Å². The number of rotatable bonds is 4. The predicted molar refractivity (Wildman–Crippen MR) is 116 cm³/mol. The van der Waals surface area contributed by atoms with Crippen LogP contribution in [0, 0.1) is 0 Å². The number of benzene rings is 1. The molecule has 0 unspecified atom stereocenters. The van der Waals surface area contributed by atoms with Crippen molar-refractivity contribution in [3.8, 4) is 17.0 Å². The number of pyridine rings is 1. The maximum atomic E-state index is 12.9. The number of aliphatic hydroxyl groups is 1. The lowest BCUT2D eigenvalue weighted by atomic mass is 9.94. The summed E-state index contributed by atoms with van der Waals surface area (Å²) >= 11 is 0. The first-order chi connectivity index (χ1) is 15.7. The van der Waals surface area contributed by atoms with Crippen molar-refractivity contribution >= 4 is 17.2 Å². The van der Waals surface area contributed by atoms with Crippen LogP contribution < -0.4 is 9.64 Å². The number of aliphatic hydroxyl groups excluding tert-OH is 1. The molecule has 4 heterocycles. The Hall–Kier alpha value is -3.27. The molecule has 0 saturated carbocycles. The number of nitrogens with zero attached hydrogens (tertiary/aromatic N) is 4. The van der Waals surface area contributed by atoms with Crippen molar-refractivity contribution in [1.29, 1.82) is 0 Å². The van der Waals surface area contributed by atoms with E-state index in [4.69, 9.17) is 4.74 Å². The van der Waals surface area contributed by atoms with E-state index in [1.807, 2.05) is 28.8 Å². The minimum atomic E-state index is -4.46. The molecular formula is C23H23F3N4O3. The van der Waals surface area contributed by atoms with Crippen molar-refractivity contribution in [2.45, 2.75) is 25.1 Å². The Morgan fingerprint density at radius 3 is 2.76 bits per heavy atom. The molecule has 174 valence electrons. The fourth-order valence-electron chi connectivity index (χ4n) is 4.66. The average molecular weight is 460 g/mol. The molecule has 10 heteroatoms. The number of ether oxygens (including phenoxy) is 1. The highest BCUT2D eigenvalue weighted by atomic mass is 19.4. The quantitative estimate of drug-likeness (QED) is 0.648. The lowest BCUT2D eigenvalue weighted by Gasteiger charge is -2.30. The lowest BCUT2D eigenvalue weighted by Crippen LogP contribution is -2.43. The maximum Gasteiger partial charge on any atom is 0.406 e. The third-order valence-electron chi connectivity index (χ3n) is 6.25. The van der Waals surface area contributed by atoms with Gasteiger partial charge in [-0.1, -0.05) is 0 Å². The fourth-order valence-corrected chi connectivity index (χ4v) is 4.66. The summed E-state index contributed by atoms with van der Waals surface area (Å²) in [7, 11) is 1.40. The number of fused-ring (bicyclic) bond motifs is 2. The molecule has 0 aliphatic carbocycles. The molecule has 7 nitrogen and oxygen atoms in total. The van der Waals surface area contributed by atoms with Gasteiger partial charge in [0.2, 0.25) is 0 Å². The van der Waals surface area contributed by atoms with Crippen LogP contribution in [-0.4, -0.2) is 70.9 Å². The number of carbonyl (C=O) groups excluding carboxylic acids is 1. The molecule has 5 rings (SSSR count). The van der Waals surface area contributed by atoms with Gasteiger partial charge in [-0.2, -0.15) is 13.2 Å². The molecule has 2 aliphatic rings. The molecule has 2 aromatic heterocycles. The number of methoxy groups -OCH3 is 1. The molecule has 1 atom stereocenters. The van der Waals surface area contributed by atoms with Gasteiger partial charge in [0.05, 0.1) is 30.7 Å². The summed E-state index contributed by atoms with van der Waals surface area (Å²) in [4.78, 5) is 20.2. The van der Waals surface area contributed by atoms with Crippen LogP contribution in [-0.2, 0) is 6.42 Å². The zero-order valence-electron chi connectivity index (χ0n) is 18.0. The number of anilines is 1. The van der Waals surface area contributed by atoms with Crippen LogP contribution in [0.15, 0.2) is 36.7 Å². The van der Waals surface area contributed by atoms with Gasteiger partial charge < -0.3 is 19.6 Å². The van der Waals surface area contributed by atoms with Crippen molar-refractivity contribution in [2.75, 3.05) is 38.2 Å². The van der Waals surface area contributed by atoms with Gasteiger partial charge >= 0.3 is 6.18 Å². The van der Waals surface area contributed by atoms with Crippen molar-refractivity contribution < 1.29 is 27.8 Å². The Bertz CT molecular complexity index is 1210. The number of hydrogen-bond donors (Lipinski definition) is 1. The number of β-amino-alcohol motifs (C(OH)–C–C–N with tert-alkyl or cyclic N) is 1. The van der Waals surface area contributed by atoms with E-state index in [1.165, 1.54) is 7.11 Å². The summed E-state index contributed by atoms with van der Waals surface area (Å²) < 4.78 is 45.9. The van der Waals surface area contributed by atoms with Gasteiger partial charge in [-0.3, -0.25) is 9.20 Å². The van der Waals surface area contributed by atoms with Crippen LogP contribution in [0.25, 0.3) is 16.9 Å². The first-order valence-electron chi connectivity index (χ1n) is 10.7. The summed E-state index contributed by atoms with van der Waals surface area (Å²) in [5.41, 5.74) is 4.09. The topological polar surface area (TPSA) is 70.3 Å². The monoisotopic (exact) mass is 460 g/mol. The fraction of sp³-hybridized carbons (Fsp3) is 0.391. The minimum Gasteiger partial charge on any atom is -0.496 e. The van der Waals surface area contributed by atoms with Gasteiger partial charge in [0, 0.05) is 43.1 Å². The number of aromatic nitrogens is 2. The number of alkyl halides is 3. The van der Waals surface area contributed by atoms with Crippen LogP contribution in [0.1, 0.15) is 22.3 Å². The largest absolute Gasteiger partial charge is 0.496 e. The third-order valence-corrected chi connectivity index (χ3v) is 6.25. The molecule has 0 bridgehead atoms. The van der Waals surface area contributed by atoms with Crippen molar-refractivity contribution in [1.82, 2.24) is 14.3 Å². The van der Waals surface area contributed by atoms with Crippen LogP contribution in [0.3, 0.4) is 0 Å². The van der Waals surface area contributed by atoms with E-state index in [9.17, 15) is 23.1 Å². The van der Waals surface area contributed by atoms with Gasteiger partial charge in [0.1, 0.15) is 17.9 Å². The highest BCUT2D eigenvalue weighted by Gasteiger charge is 2.37. The minimum absolute atomic E-state index is 0.00382. The van der Waals surface area contributed by atoms with Crippen LogP contribution >= 0.6 is 0 Å². The van der Waals surface area contributed by atoms with Gasteiger partial charge in [-0.05, 0) is 36.6 Å². The third kappa shape index (κ3) is 3.99. The lowest BCUT2D eigenvalue weighted by molar-refractivity contribution is -0.141. The first kappa shape index (κ1) is 21.6. The van der Waals surface area contributed by atoms with Gasteiger partial charge in [0.25, 0.3) is 5.91 Å². The van der Waals surface area contributed by atoms with Crippen LogP contribution in [0.5, 0.6) is 5.75 Å². The highest BCUT2D eigenvalue weighted by molar-refractivity contribution is 6.00. The van der Waals surface area contributed by atoms with E-state index in [2.05, 4.69) is 9.88 Å². The molecule has 0 radical (unpaired) electrons. The first-order valence-corrected chi connectivity index (χ1v) is 10.7. The Kier molecular flexibility index (Phi) is 5.19. The smallest absolute Gasteiger partial charge is 0.406 e. The number of carbonyl (C=O) groups is 1. The summed E-state index contributed by atoms with van der Waals surface area (Å²) in [6.07, 6.45) is -0.116. The zero-order chi connectivity index (χ0) is 23.3. The molecule has 1 fully saturated rings. The number of imidazole rings is 1. The molecule has 0 spiro atoms. The summed E-state index contributed by atoms with van der Waals surface area (Å²) in [5.74, 6) is -0.426. The van der Waals surface area contributed by atoms with Crippen molar-refractivity contribution in [3.05, 3.63) is 47.8 Å². The predicted octanol–water partition coefficient (Wildman–Crippen LogP) is 3.14. The molecule has 2 aliphatic heterocycles. The van der Waals surface area contributed by atoms with Gasteiger partial charge in [-0.15, -0.1) is 0 Å². The number of halogens is 3. The second kappa shape index (κ2) is 7.95. The second-order valence-electron chi connectivity index (χ2n) is 8.45. The van der Waals surface area contributed by atoms with Crippen LogP contribution in [0.2, 0.25) is 0 Å². The van der Waals surface area contributed by atoms with Gasteiger partial charge in [-0.25, -0.2) is 4.98 Å². The molecule has 1 N–H and O–H groups in total. The van der Waals surface area contributed by atoms with E-state index in [-0.39, 0.29) is 24.0 Å². The Labute approximate surface area is 188 Å². The Morgan fingerprint density at radius 1 is 1.24 bits per heavy atom. The highest BCUT2D eigenvalue weighted by Crippen LogP contribution is 2.35. The zero-order valence-corrected chi connectivity index (χ0v) is 18.0. The van der Waals surface area contributed by atoms with E-state index in [0.29, 0.717) is 18.5 Å². The van der Waals surface area contributed by atoms with E-state index in [0.717, 1.165) is 40.5 Å². The maximum absolute atomic E-state index is 12.9. The SMILES string of the molecule is COc1cc(-c2cnc3cc(N4CC[C@H](O)C4)ccn23)cc2c1C(=O)N(CC(F)(F)F)CC2. The van der Waals surface area contributed by atoms with Crippen LogP contribution in [0.4, 0.5) is 18.9 Å². The van der Waals surface area contributed by atoms with Crippen molar-refractivity contribution in [3.63, 3.8) is 0 Å². The summed E-state index contributed by atoms with van der Waals surface area (Å²) in [5, 5.41) is 9.81. The van der Waals surface area contributed by atoms with E-state index < -0.39 is 18.6 Å². The van der Waals surface area contributed by atoms with E-state index >= 15 is 0 Å². The second-order valence-corrected chi connectivity index (χ2v) is 8.45. The molecule has 1 aromatic carbocycles. The molecule has 1 saturated heterocycles. The Balaban J connectivity index is 1.50. The van der Waals surface area contributed by atoms with Crippen molar-refractivity contribution in [2.24, 2.45) is 0 Å². The number of hydrogen-bond acceptors (Lipinski definition) is 5. The summed E-state index contributed by atoms with van der Waals surface area (Å²) in [6.45, 7) is 0.0907. The Morgan fingerprint density at radius 2 is 2.06 bits per heavy atom. The normalized spacial score (nSPS) is 18.8. The van der Waals surface area contributed by atoms with E-state index in [1.54, 1.807) is 12.3 Å². The number of amides is 1. The molecule has 33 heavy (non-hydrogen) atoms. The average Bonchev–Trinajstić information content (AvgIpc) is 3.40. The molecule has 3 aromatic rings. The molecular weight excluding hydrogens is 437 g/mol.